The quantitative estimate of drug-likeness (QED) is 0.536. The molecular formula is C20H16N4OS2. The number of rotatable bonds is 3. The first-order chi connectivity index (χ1) is 13.3. The third-order valence-corrected chi connectivity index (χ3v) is 6.96. The van der Waals surface area contributed by atoms with Gasteiger partial charge in [0.1, 0.15) is 15.7 Å². The molecule has 3 aromatic heterocycles. The number of anilines is 1. The molecule has 1 N–H and O–H groups in total. The van der Waals surface area contributed by atoms with Crippen LogP contribution in [-0.4, -0.2) is 20.9 Å². The molecule has 0 bridgehead atoms. The maximum atomic E-state index is 12.7. The Hall–Kier alpha value is -2.64. The lowest BCUT2D eigenvalue weighted by Crippen LogP contribution is -2.13. The van der Waals surface area contributed by atoms with Crippen LogP contribution in [0, 0.1) is 0 Å². The van der Waals surface area contributed by atoms with Crippen LogP contribution < -0.4 is 5.32 Å². The predicted octanol–water partition coefficient (Wildman–Crippen LogP) is 4.95. The lowest BCUT2D eigenvalue weighted by molar-refractivity contribution is 0.102. The van der Waals surface area contributed by atoms with Gasteiger partial charge in [-0.25, -0.2) is 9.97 Å². The molecule has 1 amide bonds. The van der Waals surface area contributed by atoms with Gasteiger partial charge in [-0.05, 0) is 43.4 Å². The standard InChI is InChI=1S/C20H16N4OS2/c25-18(14-11-21-9-10-22-14)24-20-17(12-5-1-3-7-15(12)26-20)19-23-13-6-2-4-8-16(13)27-19/h2,4,6,8-11H,1,3,5,7H2,(H,24,25). The molecular weight excluding hydrogens is 376 g/mol. The normalized spacial score (nSPS) is 13.5. The number of carbonyl (C=O) groups is 1. The van der Waals surface area contributed by atoms with E-state index in [1.54, 1.807) is 28.9 Å². The second-order valence-corrected chi connectivity index (χ2v) is 8.58. The number of hydrogen-bond acceptors (Lipinski definition) is 6. The van der Waals surface area contributed by atoms with Crippen LogP contribution in [0.3, 0.4) is 0 Å². The summed E-state index contributed by atoms with van der Waals surface area (Å²) in [6.45, 7) is 0. The molecule has 3 heterocycles. The summed E-state index contributed by atoms with van der Waals surface area (Å²) in [5.74, 6) is -0.232. The number of nitrogens with zero attached hydrogens (tertiary/aromatic N) is 3. The number of aromatic nitrogens is 3. The van der Waals surface area contributed by atoms with E-state index in [2.05, 4.69) is 21.4 Å². The molecule has 0 aliphatic heterocycles. The molecule has 0 spiro atoms. The van der Waals surface area contributed by atoms with E-state index in [4.69, 9.17) is 4.98 Å². The fraction of sp³-hybridized carbons (Fsp3) is 0.200. The predicted molar refractivity (Wildman–Crippen MR) is 110 cm³/mol. The van der Waals surface area contributed by atoms with Crippen molar-refractivity contribution in [1.82, 2.24) is 15.0 Å². The van der Waals surface area contributed by atoms with E-state index in [0.29, 0.717) is 5.69 Å². The smallest absolute Gasteiger partial charge is 0.276 e. The third-order valence-electron chi connectivity index (χ3n) is 4.70. The molecule has 134 valence electrons. The number of benzene rings is 1. The Balaban J connectivity index is 1.61. The summed E-state index contributed by atoms with van der Waals surface area (Å²) in [6, 6.07) is 8.16. The number of amides is 1. The monoisotopic (exact) mass is 392 g/mol. The highest BCUT2D eigenvalue weighted by atomic mass is 32.1. The van der Waals surface area contributed by atoms with E-state index < -0.39 is 0 Å². The van der Waals surface area contributed by atoms with Crippen LogP contribution in [0.2, 0.25) is 0 Å². The first kappa shape index (κ1) is 16.5. The maximum absolute atomic E-state index is 12.7. The summed E-state index contributed by atoms with van der Waals surface area (Å²) in [7, 11) is 0. The minimum absolute atomic E-state index is 0.232. The van der Waals surface area contributed by atoms with Crippen molar-refractivity contribution in [2.24, 2.45) is 0 Å². The van der Waals surface area contributed by atoms with Gasteiger partial charge in [-0.3, -0.25) is 9.78 Å². The Labute approximate surface area is 164 Å². The summed E-state index contributed by atoms with van der Waals surface area (Å²) >= 11 is 3.36. The number of hydrogen-bond donors (Lipinski definition) is 1. The maximum Gasteiger partial charge on any atom is 0.276 e. The van der Waals surface area contributed by atoms with Gasteiger partial charge < -0.3 is 5.32 Å². The molecule has 1 aromatic carbocycles. The average Bonchev–Trinajstić information content (AvgIpc) is 3.29. The average molecular weight is 393 g/mol. The van der Waals surface area contributed by atoms with Gasteiger partial charge in [-0.15, -0.1) is 22.7 Å². The summed E-state index contributed by atoms with van der Waals surface area (Å²) in [4.78, 5) is 27.0. The van der Waals surface area contributed by atoms with Gasteiger partial charge in [0.25, 0.3) is 5.91 Å². The fourth-order valence-electron chi connectivity index (χ4n) is 3.44. The van der Waals surface area contributed by atoms with Gasteiger partial charge in [0.15, 0.2) is 0 Å². The van der Waals surface area contributed by atoms with Crippen molar-refractivity contribution in [3.8, 4) is 10.6 Å². The number of para-hydroxylation sites is 1. The lowest BCUT2D eigenvalue weighted by Gasteiger charge is -2.11. The van der Waals surface area contributed by atoms with Crippen LogP contribution in [0.4, 0.5) is 5.00 Å². The van der Waals surface area contributed by atoms with Crippen molar-refractivity contribution < 1.29 is 4.79 Å². The highest BCUT2D eigenvalue weighted by Crippen LogP contribution is 2.46. The van der Waals surface area contributed by atoms with Gasteiger partial charge in [0.05, 0.1) is 16.4 Å². The Kier molecular flexibility index (Phi) is 4.18. The first-order valence-electron chi connectivity index (χ1n) is 8.87. The van der Waals surface area contributed by atoms with Crippen molar-refractivity contribution in [3.63, 3.8) is 0 Å². The van der Waals surface area contributed by atoms with Crippen LogP contribution >= 0.6 is 22.7 Å². The van der Waals surface area contributed by atoms with Crippen LogP contribution in [0.25, 0.3) is 20.8 Å². The summed E-state index contributed by atoms with van der Waals surface area (Å²) in [6.07, 6.45) is 9.07. The highest BCUT2D eigenvalue weighted by molar-refractivity contribution is 7.22. The molecule has 0 fully saturated rings. The minimum Gasteiger partial charge on any atom is -0.312 e. The van der Waals surface area contributed by atoms with E-state index >= 15 is 0 Å². The number of thiophene rings is 1. The zero-order chi connectivity index (χ0) is 18.2. The second-order valence-electron chi connectivity index (χ2n) is 6.45. The minimum atomic E-state index is -0.232. The van der Waals surface area contributed by atoms with E-state index in [1.165, 1.54) is 35.7 Å². The zero-order valence-electron chi connectivity index (χ0n) is 14.4. The molecule has 0 saturated heterocycles. The Morgan fingerprint density at radius 2 is 1.96 bits per heavy atom. The van der Waals surface area contributed by atoms with Crippen molar-refractivity contribution in [3.05, 3.63) is 59.0 Å². The molecule has 1 aliphatic carbocycles. The van der Waals surface area contributed by atoms with Gasteiger partial charge in [0, 0.05) is 22.8 Å². The van der Waals surface area contributed by atoms with Gasteiger partial charge in [-0.1, -0.05) is 12.1 Å². The van der Waals surface area contributed by atoms with E-state index in [1.807, 2.05) is 18.2 Å². The number of carbonyl (C=O) groups excluding carboxylic acids is 1. The number of nitrogens with one attached hydrogen (secondary N) is 1. The zero-order valence-corrected chi connectivity index (χ0v) is 16.1. The van der Waals surface area contributed by atoms with E-state index in [-0.39, 0.29) is 5.91 Å². The molecule has 27 heavy (non-hydrogen) atoms. The topological polar surface area (TPSA) is 67.8 Å². The van der Waals surface area contributed by atoms with Crippen molar-refractivity contribution in [1.29, 1.82) is 0 Å². The number of aryl methyl sites for hydroxylation is 1. The van der Waals surface area contributed by atoms with Gasteiger partial charge >= 0.3 is 0 Å². The second kappa shape index (κ2) is 6.83. The molecule has 5 rings (SSSR count). The van der Waals surface area contributed by atoms with Crippen LogP contribution in [0.5, 0.6) is 0 Å². The van der Waals surface area contributed by atoms with Crippen molar-refractivity contribution >= 4 is 43.8 Å². The van der Waals surface area contributed by atoms with Crippen molar-refractivity contribution in [2.45, 2.75) is 25.7 Å². The van der Waals surface area contributed by atoms with Crippen LogP contribution in [0.15, 0.2) is 42.9 Å². The number of thiazole rings is 1. The molecule has 0 radical (unpaired) electrons. The third kappa shape index (κ3) is 3.02. The molecule has 7 heteroatoms. The van der Waals surface area contributed by atoms with Crippen LogP contribution in [-0.2, 0) is 12.8 Å². The van der Waals surface area contributed by atoms with Crippen LogP contribution in [0.1, 0.15) is 33.8 Å². The fourth-order valence-corrected chi connectivity index (χ4v) is 5.84. The van der Waals surface area contributed by atoms with E-state index in [9.17, 15) is 4.79 Å². The lowest BCUT2D eigenvalue weighted by atomic mass is 9.96. The van der Waals surface area contributed by atoms with Gasteiger partial charge in [0.2, 0.25) is 0 Å². The Morgan fingerprint density at radius 3 is 2.81 bits per heavy atom. The molecule has 0 atom stereocenters. The summed E-state index contributed by atoms with van der Waals surface area (Å²) < 4.78 is 1.16. The first-order valence-corrected chi connectivity index (χ1v) is 10.5. The molecule has 1 aliphatic rings. The largest absolute Gasteiger partial charge is 0.312 e. The summed E-state index contributed by atoms with van der Waals surface area (Å²) in [5.41, 5.74) is 3.76. The van der Waals surface area contributed by atoms with Gasteiger partial charge in [-0.2, -0.15) is 0 Å². The van der Waals surface area contributed by atoms with Crippen molar-refractivity contribution in [2.75, 3.05) is 5.32 Å². The molecule has 4 aromatic rings. The Morgan fingerprint density at radius 1 is 1.07 bits per heavy atom. The highest BCUT2D eigenvalue weighted by Gasteiger charge is 2.25. The SMILES string of the molecule is O=C(Nc1sc2c(c1-c1nc3ccccc3s1)CCCC2)c1cnccn1. The molecule has 0 unspecified atom stereocenters. The van der Waals surface area contributed by atoms with E-state index in [0.717, 1.165) is 38.6 Å². The number of fused-ring (bicyclic) bond motifs is 2. The summed E-state index contributed by atoms with van der Waals surface area (Å²) in [5, 5.41) is 4.92. The molecule has 5 nitrogen and oxygen atoms in total. The molecule has 0 saturated carbocycles. The Bertz CT molecular complexity index is 1100.